The molecule has 1 aromatic rings. The standard InChI is InChI=1S/C12H17Cl2NO4S/c1-12(2,19-3)7-15-20(17,18)10-5-4-9(13)8(6-16)11(10)14/h4-5,15-16H,6-7H2,1-3H3. The number of rotatable bonds is 6. The second-order valence-corrected chi connectivity index (χ2v) is 7.31. The molecular formula is C12H17Cl2NO4S. The largest absolute Gasteiger partial charge is 0.392 e. The molecule has 0 atom stereocenters. The maximum atomic E-state index is 12.2. The van der Waals surface area contributed by atoms with Crippen molar-refractivity contribution in [2.75, 3.05) is 13.7 Å². The Bertz CT molecular complexity index is 587. The number of benzene rings is 1. The molecule has 5 nitrogen and oxygen atoms in total. The molecule has 1 aromatic carbocycles. The lowest BCUT2D eigenvalue weighted by molar-refractivity contribution is 0.0276. The maximum Gasteiger partial charge on any atom is 0.242 e. The van der Waals surface area contributed by atoms with Crippen molar-refractivity contribution >= 4 is 33.2 Å². The van der Waals surface area contributed by atoms with Crippen LogP contribution in [0.3, 0.4) is 0 Å². The fourth-order valence-electron chi connectivity index (χ4n) is 1.35. The van der Waals surface area contributed by atoms with E-state index in [4.69, 9.17) is 27.9 Å². The summed E-state index contributed by atoms with van der Waals surface area (Å²) < 4.78 is 32.0. The molecule has 0 saturated heterocycles. The van der Waals surface area contributed by atoms with Crippen molar-refractivity contribution < 1.29 is 18.3 Å². The van der Waals surface area contributed by atoms with Crippen molar-refractivity contribution in [3.63, 3.8) is 0 Å². The van der Waals surface area contributed by atoms with Crippen LogP contribution in [-0.2, 0) is 21.4 Å². The lowest BCUT2D eigenvalue weighted by atomic mass is 10.1. The minimum Gasteiger partial charge on any atom is -0.392 e. The number of methoxy groups -OCH3 is 1. The summed E-state index contributed by atoms with van der Waals surface area (Å²) in [5.41, 5.74) is -0.464. The van der Waals surface area contributed by atoms with E-state index in [1.54, 1.807) is 13.8 Å². The van der Waals surface area contributed by atoms with E-state index < -0.39 is 22.2 Å². The Balaban J connectivity index is 3.11. The van der Waals surface area contributed by atoms with E-state index in [0.717, 1.165) is 0 Å². The zero-order valence-electron chi connectivity index (χ0n) is 11.4. The molecule has 0 spiro atoms. The highest BCUT2D eigenvalue weighted by Crippen LogP contribution is 2.31. The van der Waals surface area contributed by atoms with E-state index >= 15 is 0 Å². The van der Waals surface area contributed by atoms with Gasteiger partial charge in [0.1, 0.15) is 4.90 Å². The van der Waals surface area contributed by atoms with Crippen molar-refractivity contribution in [1.82, 2.24) is 4.72 Å². The van der Waals surface area contributed by atoms with Crippen molar-refractivity contribution in [2.24, 2.45) is 0 Å². The van der Waals surface area contributed by atoms with Crippen molar-refractivity contribution in [3.8, 4) is 0 Å². The molecular weight excluding hydrogens is 325 g/mol. The Morgan fingerprint density at radius 2 is 1.95 bits per heavy atom. The van der Waals surface area contributed by atoms with E-state index in [-0.39, 0.29) is 27.0 Å². The van der Waals surface area contributed by atoms with Crippen LogP contribution in [-0.4, -0.2) is 32.8 Å². The first-order valence-electron chi connectivity index (χ1n) is 5.77. The highest BCUT2D eigenvalue weighted by molar-refractivity contribution is 7.89. The van der Waals surface area contributed by atoms with E-state index in [1.807, 2.05) is 0 Å². The number of nitrogens with one attached hydrogen (secondary N) is 1. The Hall–Kier alpha value is -0.370. The van der Waals surface area contributed by atoms with Gasteiger partial charge in [-0.05, 0) is 26.0 Å². The summed E-state index contributed by atoms with van der Waals surface area (Å²) in [5.74, 6) is 0. The number of halogens is 2. The first kappa shape index (κ1) is 17.7. The summed E-state index contributed by atoms with van der Waals surface area (Å²) in [6.45, 7) is 3.14. The van der Waals surface area contributed by atoms with Gasteiger partial charge in [-0.25, -0.2) is 13.1 Å². The molecule has 114 valence electrons. The molecule has 0 fully saturated rings. The third kappa shape index (κ3) is 4.07. The predicted octanol–water partition coefficient (Wildman–Crippen LogP) is 2.19. The third-order valence-electron chi connectivity index (χ3n) is 2.84. The minimum atomic E-state index is -3.82. The quantitative estimate of drug-likeness (QED) is 0.831. The molecule has 0 radical (unpaired) electrons. The molecule has 0 bridgehead atoms. The summed E-state index contributed by atoms with van der Waals surface area (Å²) in [7, 11) is -2.32. The number of sulfonamides is 1. The summed E-state index contributed by atoms with van der Waals surface area (Å²) in [5, 5.41) is 9.32. The summed E-state index contributed by atoms with van der Waals surface area (Å²) in [4.78, 5) is -0.125. The van der Waals surface area contributed by atoms with Crippen LogP contribution in [0, 0.1) is 0 Å². The molecule has 0 aliphatic carbocycles. The fraction of sp³-hybridized carbons (Fsp3) is 0.500. The lowest BCUT2D eigenvalue weighted by Gasteiger charge is -2.23. The monoisotopic (exact) mass is 341 g/mol. The number of aliphatic hydroxyl groups is 1. The first-order chi connectivity index (χ1) is 9.14. The highest BCUT2D eigenvalue weighted by Gasteiger charge is 2.25. The van der Waals surface area contributed by atoms with Crippen molar-refractivity contribution in [1.29, 1.82) is 0 Å². The zero-order valence-corrected chi connectivity index (χ0v) is 13.7. The average Bonchev–Trinajstić information content (AvgIpc) is 2.37. The van der Waals surface area contributed by atoms with Crippen LogP contribution >= 0.6 is 23.2 Å². The van der Waals surface area contributed by atoms with Crippen LogP contribution in [0.2, 0.25) is 10.0 Å². The number of ether oxygens (including phenoxy) is 1. The summed E-state index contributed by atoms with van der Waals surface area (Å²) >= 11 is 11.8. The second kappa shape index (κ2) is 6.60. The van der Waals surface area contributed by atoms with Gasteiger partial charge in [-0.15, -0.1) is 0 Å². The van der Waals surface area contributed by atoms with Gasteiger partial charge in [-0.3, -0.25) is 0 Å². The Labute approximate surface area is 128 Å². The molecule has 1 rings (SSSR count). The Kier molecular flexibility index (Phi) is 5.83. The Morgan fingerprint density at radius 1 is 1.35 bits per heavy atom. The maximum absolute atomic E-state index is 12.2. The average molecular weight is 342 g/mol. The van der Waals surface area contributed by atoms with Crippen molar-refractivity contribution in [3.05, 3.63) is 27.7 Å². The predicted molar refractivity (Wildman–Crippen MR) is 78.7 cm³/mol. The van der Waals surface area contributed by atoms with Gasteiger partial charge in [0.05, 0.1) is 17.2 Å². The molecule has 0 unspecified atom stereocenters. The molecule has 0 saturated carbocycles. The Morgan fingerprint density at radius 3 is 2.45 bits per heavy atom. The molecule has 20 heavy (non-hydrogen) atoms. The molecule has 2 N–H and O–H groups in total. The number of hydrogen-bond donors (Lipinski definition) is 2. The number of hydrogen-bond acceptors (Lipinski definition) is 4. The van der Waals surface area contributed by atoms with Crippen molar-refractivity contribution in [2.45, 2.75) is 31.0 Å². The topological polar surface area (TPSA) is 75.6 Å². The molecule has 0 amide bonds. The van der Waals surface area contributed by atoms with Crippen LogP contribution in [0.25, 0.3) is 0 Å². The highest BCUT2D eigenvalue weighted by atomic mass is 35.5. The van der Waals surface area contributed by atoms with E-state index in [1.165, 1.54) is 19.2 Å². The first-order valence-corrected chi connectivity index (χ1v) is 8.01. The van der Waals surface area contributed by atoms with E-state index in [9.17, 15) is 13.5 Å². The lowest BCUT2D eigenvalue weighted by Crippen LogP contribution is -2.39. The van der Waals surface area contributed by atoms with Gasteiger partial charge in [-0.2, -0.15) is 0 Å². The van der Waals surface area contributed by atoms with Gasteiger partial charge in [0.15, 0.2) is 0 Å². The van der Waals surface area contributed by atoms with Crippen LogP contribution in [0.4, 0.5) is 0 Å². The fourth-order valence-corrected chi connectivity index (χ4v) is 3.44. The summed E-state index contributed by atoms with van der Waals surface area (Å²) in [6.07, 6.45) is 0. The van der Waals surface area contributed by atoms with Gasteiger partial charge in [0, 0.05) is 24.2 Å². The van der Waals surface area contributed by atoms with Crippen LogP contribution in [0.1, 0.15) is 19.4 Å². The van der Waals surface area contributed by atoms with Crippen LogP contribution in [0.15, 0.2) is 17.0 Å². The minimum absolute atomic E-state index is 0.0808. The molecule has 0 aliphatic heterocycles. The molecule has 8 heteroatoms. The molecule has 0 aliphatic rings. The number of aliphatic hydroxyl groups excluding tert-OH is 1. The normalized spacial score (nSPS) is 12.7. The van der Waals surface area contributed by atoms with Crippen LogP contribution in [0.5, 0.6) is 0 Å². The third-order valence-corrected chi connectivity index (χ3v) is 5.18. The smallest absolute Gasteiger partial charge is 0.242 e. The summed E-state index contributed by atoms with van der Waals surface area (Å²) in [6, 6.07) is 2.68. The van der Waals surface area contributed by atoms with E-state index in [0.29, 0.717) is 0 Å². The SMILES string of the molecule is COC(C)(C)CNS(=O)(=O)c1ccc(Cl)c(CO)c1Cl. The van der Waals surface area contributed by atoms with Gasteiger partial charge < -0.3 is 9.84 Å². The zero-order chi connectivity index (χ0) is 15.6. The van der Waals surface area contributed by atoms with E-state index in [2.05, 4.69) is 4.72 Å². The van der Waals surface area contributed by atoms with Gasteiger partial charge >= 0.3 is 0 Å². The van der Waals surface area contributed by atoms with Gasteiger partial charge in [-0.1, -0.05) is 23.2 Å². The molecule has 0 heterocycles. The van der Waals surface area contributed by atoms with Gasteiger partial charge in [0.2, 0.25) is 10.0 Å². The molecule has 0 aromatic heterocycles. The van der Waals surface area contributed by atoms with Gasteiger partial charge in [0.25, 0.3) is 0 Å². The van der Waals surface area contributed by atoms with Crippen LogP contribution < -0.4 is 4.72 Å². The second-order valence-electron chi connectivity index (χ2n) is 4.78.